The lowest BCUT2D eigenvalue weighted by Crippen LogP contribution is -2.46. The molecule has 0 saturated carbocycles. The normalized spacial score (nSPS) is 17.8. The molecule has 2 atom stereocenters. The highest BCUT2D eigenvalue weighted by Gasteiger charge is 2.26. The highest BCUT2D eigenvalue weighted by molar-refractivity contribution is 5.57. The fourth-order valence-electron chi connectivity index (χ4n) is 4.17. The van der Waals surface area contributed by atoms with E-state index in [2.05, 4.69) is 66.1 Å². The Bertz CT molecular complexity index is 792. The summed E-state index contributed by atoms with van der Waals surface area (Å²) in [5, 5.41) is 0. The molecule has 2 aliphatic heterocycles. The van der Waals surface area contributed by atoms with Gasteiger partial charge in [0, 0.05) is 24.8 Å². The summed E-state index contributed by atoms with van der Waals surface area (Å²) in [7, 11) is 0. The minimum absolute atomic E-state index is 0.295. The molecule has 0 aliphatic carbocycles. The molecule has 2 aromatic carbocycles. The van der Waals surface area contributed by atoms with Crippen LogP contribution in [0.15, 0.2) is 48.5 Å². The van der Waals surface area contributed by atoms with E-state index in [4.69, 9.17) is 14.2 Å². The van der Waals surface area contributed by atoms with Crippen molar-refractivity contribution in [3.8, 4) is 11.5 Å². The van der Waals surface area contributed by atoms with E-state index in [9.17, 15) is 0 Å². The fourth-order valence-corrected chi connectivity index (χ4v) is 4.17. The van der Waals surface area contributed by atoms with Crippen molar-refractivity contribution in [3.63, 3.8) is 0 Å². The zero-order valence-corrected chi connectivity index (χ0v) is 18.3. The quantitative estimate of drug-likeness (QED) is 0.567. The number of ether oxygens (including phenoxy) is 3. The van der Waals surface area contributed by atoms with E-state index >= 15 is 0 Å². The Hall–Kier alpha value is -2.24. The van der Waals surface area contributed by atoms with Crippen molar-refractivity contribution in [3.05, 3.63) is 54.1 Å². The van der Waals surface area contributed by atoms with Crippen molar-refractivity contribution < 1.29 is 14.2 Å². The SMILES string of the molecule is CCC(C)OCC(CN(Cc1ccccc1)c1ccc2c(c1)OCO2)N1CCCC1. The summed E-state index contributed by atoms with van der Waals surface area (Å²) in [6, 6.07) is 17.3. The Labute approximate surface area is 180 Å². The molecule has 162 valence electrons. The van der Waals surface area contributed by atoms with Gasteiger partial charge in [0.2, 0.25) is 6.79 Å². The van der Waals surface area contributed by atoms with Crippen molar-refractivity contribution in [1.82, 2.24) is 4.90 Å². The van der Waals surface area contributed by atoms with Gasteiger partial charge in [-0.3, -0.25) is 4.90 Å². The van der Waals surface area contributed by atoms with E-state index in [1.807, 2.05) is 6.07 Å². The van der Waals surface area contributed by atoms with Gasteiger partial charge < -0.3 is 19.1 Å². The van der Waals surface area contributed by atoms with Crippen LogP contribution in [-0.2, 0) is 11.3 Å². The Morgan fingerprint density at radius 1 is 1.03 bits per heavy atom. The van der Waals surface area contributed by atoms with Gasteiger partial charge in [-0.05, 0) is 57.0 Å². The van der Waals surface area contributed by atoms with Gasteiger partial charge in [0.15, 0.2) is 11.5 Å². The van der Waals surface area contributed by atoms with Gasteiger partial charge in [-0.1, -0.05) is 37.3 Å². The topological polar surface area (TPSA) is 34.2 Å². The van der Waals surface area contributed by atoms with Crippen LogP contribution in [0.5, 0.6) is 11.5 Å². The van der Waals surface area contributed by atoms with Crippen LogP contribution in [-0.4, -0.2) is 50.1 Å². The third kappa shape index (κ3) is 5.27. The van der Waals surface area contributed by atoms with E-state index in [1.165, 1.54) is 18.4 Å². The molecule has 2 unspecified atom stereocenters. The largest absolute Gasteiger partial charge is 0.454 e. The van der Waals surface area contributed by atoms with E-state index in [0.29, 0.717) is 18.9 Å². The summed E-state index contributed by atoms with van der Waals surface area (Å²) in [4.78, 5) is 5.06. The average molecular weight is 411 g/mol. The molecule has 1 fully saturated rings. The van der Waals surface area contributed by atoms with Crippen LogP contribution < -0.4 is 14.4 Å². The molecule has 1 saturated heterocycles. The highest BCUT2D eigenvalue weighted by atomic mass is 16.7. The predicted octanol–water partition coefficient (Wildman–Crippen LogP) is 4.70. The Morgan fingerprint density at radius 3 is 2.57 bits per heavy atom. The van der Waals surface area contributed by atoms with Crippen molar-refractivity contribution in [2.75, 3.05) is 37.9 Å². The van der Waals surface area contributed by atoms with Crippen LogP contribution in [0.25, 0.3) is 0 Å². The second-order valence-electron chi connectivity index (χ2n) is 8.35. The molecule has 2 heterocycles. The molecule has 0 amide bonds. The molecule has 2 aromatic rings. The highest BCUT2D eigenvalue weighted by Crippen LogP contribution is 2.36. The minimum atomic E-state index is 0.295. The van der Waals surface area contributed by atoms with Gasteiger partial charge in [0.1, 0.15) is 0 Å². The number of anilines is 1. The standard InChI is InChI=1S/C25H34N2O3/c1-3-20(2)28-18-23(26-13-7-8-14-26)17-27(16-21-9-5-4-6-10-21)22-11-12-24-25(15-22)30-19-29-24/h4-6,9-12,15,20,23H,3,7-8,13-14,16-19H2,1-2H3. The van der Waals surface area contributed by atoms with Crippen molar-refractivity contribution in [2.45, 2.75) is 51.8 Å². The van der Waals surface area contributed by atoms with Crippen LogP contribution in [0.1, 0.15) is 38.7 Å². The maximum Gasteiger partial charge on any atom is 0.231 e. The van der Waals surface area contributed by atoms with Crippen LogP contribution in [0, 0.1) is 0 Å². The van der Waals surface area contributed by atoms with Crippen molar-refractivity contribution in [2.24, 2.45) is 0 Å². The van der Waals surface area contributed by atoms with Gasteiger partial charge in [0.05, 0.1) is 18.8 Å². The number of hydrogen-bond donors (Lipinski definition) is 0. The number of rotatable bonds is 10. The third-order valence-electron chi connectivity index (χ3n) is 6.17. The summed E-state index contributed by atoms with van der Waals surface area (Å²) in [5.41, 5.74) is 2.47. The summed E-state index contributed by atoms with van der Waals surface area (Å²) in [6.07, 6.45) is 3.90. The number of benzene rings is 2. The molecule has 2 aliphatic rings. The first-order valence-corrected chi connectivity index (χ1v) is 11.3. The summed E-state index contributed by atoms with van der Waals surface area (Å²) in [6.45, 7) is 9.52. The lowest BCUT2D eigenvalue weighted by atomic mass is 10.1. The molecule has 0 radical (unpaired) electrons. The molecule has 0 N–H and O–H groups in total. The smallest absolute Gasteiger partial charge is 0.231 e. The average Bonchev–Trinajstić information content (AvgIpc) is 3.48. The molecule has 0 spiro atoms. The Morgan fingerprint density at radius 2 is 1.80 bits per heavy atom. The van der Waals surface area contributed by atoms with Crippen LogP contribution in [0.4, 0.5) is 5.69 Å². The maximum absolute atomic E-state index is 6.21. The van der Waals surface area contributed by atoms with E-state index in [1.54, 1.807) is 0 Å². The summed E-state index contributed by atoms with van der Waals surface area (Å²) < 4.78 is 17.4. The van der Waals surface area contributed by atoms with Gasteiger partial charge in [-0.15, -0.1) is 0 Å². The first-order chi connectivity index (χ1) is 14.7. The number of nitrogens with zero attached hydrogens (tertiary/aromatic N) is 2. The molecule has 5 nitrogen and oxygen atoms in total. The Kier molecular flexibility index (Phi) is 7.13. The number of likely N-dealkylation sites (tertiary alicyclic amines) is 1. The van der Waals surface area contributed by atoms with Gasteiger partial charge in [-0.2, -0.15) is 0 Å². The molecule has 30 heavy (non-hydrogen) atoms. The second kappa shape index (κ2) is 10.2. The number of hydrogen-bond acceptors (Lipinski definition) is 5. The zero-order valence-electron chi connectivity index (χ0n) is 18.3. The lowest BCUT2D eigenvalue weighted by molar-refractivity contribution is 0.0225. The van der Waals surface area contributed by atoms with E-state index in [0.717, 1.165) is 56.4 Å². The predicted molar refractivity (Wildman–Crippen MR) is 120 cm³/mol. The van der Waals surface area contributed by atoms with Gasteiger partial charge in [0.25, 0.3) is 0 Å². The Balaban J connectivity index is 1.56. The van der Waals surface area contributed by atoms with Gasteiger partial charge in [-0.25, -0.2) is 0 Å². The summed E-state index contributed by atoms with van der Waals surface area (Å²) >= 11 is 0. The second-order valence-corrected chi connectivity index (χ2v) is 8.35. The lowest BCUT2D eigenvalue weighted by Gasteiger charge is -2.35. The van der Waals surface area contributed by atoms with Crippen molar-refractivity contribution in [1.29, 1.82) is 0 Å². The van der Waals surface area contributed by atoms with Crippen LogP contribution >= 0.6 is 0 Å². The van der Waals surface area contributed by atoms with E-state index < -0.39 is 0 Å². The van der Waals surface area contributed by atoms with Crippen LogP contribution in [0.2, 0.25) is 0 Å². The fraction of sp³-hybridized carbons (Fsp3) is 0.520. The minimum Gasteiger partial charge on any atom is -0.454 e. The molecule has 5 heteroatoms. The maximum atomic E-state index is 6.21. The van der Waals surface area contributed by atoms with E-state index in [-0.39, 0.29) is 0 Å². The molecule has 0 bridgehead atoms. The zero-order chi connectivity index (χ0) is 20.8. The molecule has 4 rings (SSSR count). The van der Waals surface area contributed by atoms with Gasteiger partial charge >= 0.3 is 0 Å². The monoisotopic (exact) mass is 410 g/mol. The van der Waals surface area contributed by atoms with Crippen LogP contribution in [0.3, 0.4) is 0 Å². The number of fused-ring (bicyclic) bond motifs is 1. The molecular weight excluding hydrogens is 376 g/mol. The van der Waals surface area contributed by atoms with Crippen molar-refractivity contribution >= 4 is 5.69 Å². The first kappa shape index (κ1) is 21.0. The first-order valence-electron chi connectivity index (χ1n) is 11.3. The third-order valence-corrected chi connectivity index (χ3v) is 6.17. The molecular formula is C25H34N2O3. The summed E-state index contributed by atoms with van der Waals surface area (Å²) in [5.74, 6) is 1.66. The molecule has 0 aromatic heterocycles.